The lowest BCUT2D eigenvalue weighted by atomic mass is 9.96. The monoisotopic (exact) mass is 502 g/mol. The van der Waals surface area contributed by atoms with Gasteiger partial charge in [0, 0.05) is 26.2 Å². The van der Waals surface area contributed by atoms with Gasteiger partial charge < -0.3 is 9.84 Å². The third-order valence-electron chi connectivity index (χ3n) is 5.90. The van der Waals surface area contributed by atoms with Crippen LogP contribution in [0.4, 0.5) is 0 Å². The summed E-state index contributed by atoms with van der Waals surface area (Å²) in [6.45, 7) is 1.65. The van der Waals surface area contributed by atoms with Gasteiger partial charge in [0.15, 0.2) is 0 Å². The van der Waals surface area contributed by atoms with Gasteiger partial charge in [-0.3, -0.25) is 4.90 Å². The van der Waals surface area contributed by atoms with E-state index in [1.54, 1.807) is 0 Å². The van der Waals surface area contributed by atoms with Crippen molar-refractivity contribution in [3.05, 3.63) is 95.6 Å². The third-order valence-corrected chi connectivity index (χ3v) is 7.82. The largest absolute Gasteiger partial charge is 0.495 e. The van der Waals surface area contributed by atoms with Gasteiger partial charge in [0.1, 0.15) is 10.6 Å². The summed E-state index contributed by atoms with van der Waals surface area (Å²) in [7, 11) is -2.55. The molecule has 7 nitrogen and oxygen atoms in total. The van der Waals surface area contributed by atoms with E-state index in [1.165, 1.54) is 29.6 Å². The summed E-state index contributed by atoms with van der Waals surface area (Å²) in [4.78, 5) is 13.5. The fraction of sp³-hybridized carbons (Fsp3) is 0.240. The van der Waals surface area contributed by atoms with E-state index in [0.29, 0.717) is 26.2 Å². The van der Waals surface area contributed by atoms with Gasteiger partial charge in [-0.1, -0.05) is 60.7 Å². The van der Waals surface area contributed by atoms with Crippen molar-refractivity contribution in [1.29, 1.82) is 0 Å². The van der Waals surface area contributed by atoms with Crippen molar-refractivity contribution >= 4 is 28.4 Å². The fourth-order valence-electron chi connectivity index (χ4n) is 4.24. The molecular weight excluding hydrogens is 476 g/mol. The lowest BCUT2D eigenvalue weighted by molar-refractivity contribution is 0.0696. The van der Waals surface area contributed by atoms with Crippen molar-refractivity contribution in [1.82, 2.24) is 9.21 Å². The molecule has 1 aliphatic rings. The average molecular weight is 503 g/mol. The highest BCUT2D eigenvalue weighted by molar-refractivity contribution is 7.89. The van der Waals surface area contributed by atoms with E-state index in [-0.39, 0.29) is 34.7 Å². The summed E-state index contributed by atoms with van der Waals surface area (Å²) < 4.78 is 33.4. The Labute approximate surface area is 206 Å². The first-order valence-corrected chi connectivity index (χ1v) is 12.1. The van der Waals surface area contributed by atoms with Crippen LogP contribution in [-0.2, 0) is 10.0 Å². The topological polar surface area (TPSA) is 87.1 Å². The maximum absolute atomic E-state index is 13.4. The van der Waals surface area contributed by atoms with Crippen molar-refractivity contribution in [2.45, 2.75) is 10.9 Å². The van der Waals surface area contributed by atoms with E-state index < -0.39 is 16.0 Å². The van der Waals surface area contributed by atoms with Gasteiger partial charge in [-0.05, 0) is 29.3 Å². The van der Waals surface area contributed by atoms with Gasteiger partial charge in [-0.15, -0.1) is 12.4 Å². The van der Waals surface area contributed by atoms with Crippen LogP contribution < -0.4 is 4.74 Å². The summed E-state index contributed by atoms with van der Waals surface area (Å²) >= 11 is 0. The number of methoxy groups -OCH3 is 1. The Hall–Kier alpha value is -2.91. The van der Waals surface area contributed by atoms with Crippen LogP contribution in [0.1, 0.15) is 27.5 Å². The average Bonchev–Trinajstić information content (AvgIpc) is 2.85. The zero-order valence-electron chi connectivity index (χ0n) is 18.7. The van der Waals surface area contributed by atoms with Crippen LogP contribution in [0.5, 0.6) is 5.75 Å². The molecule has 0 amide bonds. The number of benzene rings is 3. The molecule has 0 unspecified atom stereocenters. The standard InChI is InChI=1S/C25H26N2O5S.ClH/c1-32-22-13-12-21(25(28)29)18-23(22)33(30,31)27-16-14-26(15-17-27)24(19-8-4-2-5-9-19)20-10-6-3-7-11-20;/h2-13,18,24H,14-17H2,1H3,(H,28,29);1H. The van der Waals surface area contributed by atoms with E-state index >= 15 is 0 Å². The molecule has 0 saturated carbocycles. The Bertz CT molecular complexity index is 1180. The molecular formula is C25H27ClN2O5S. The first kappa shape index (κ1) is 25.7. The zero-order chi connectivity index (χ0) is 23.4. The lowest BCUT2D eigenvalue weighted by Gasteiger charge is -2.39. The van der Waals surface area contributed by atoms with Crippen LogP contribution >= 0.6 is 12.4 Å². The quantitative estimate of drug-likeness (QED) is 0.527. The number of carboxylic acids is 1. The molecule has 3 aromatic carbocycles. The van der Waals surface area contributed by atoms with Crippen molar-refractivity contribution < 1.29 is 23.1 Å². The van der Waals surface area contributed by atoms with Gasteiger partial charge in [-0.2, -0.15) is 4.31 Å². The molecule has 0 aromatic heterocycles. The van der Waals surface area contributed by atoms with Crippen molar-refractivity contribution in [2.75, 3.05) is 33.3 Å². The van der Waals surface area contributed by atoms with Gasteiger partial charge in [0.2, 0.25) is 10.0 Å². The molecule has 1 N–H and O–H groups in total. The maximum Gasteiger partial charge on any atom is 0.335 e. The number of sulfonamides is 1. The van der Waals surface area contributed by atoms with Crippen LogP contribution in [0.15, 0.2) is 83.8 Å². The SMILES string of the molecule is COc1ccc(C(=O)O)cc1S(=O)(=O)N1CCN(C(c2ccccc2)c2ccccc2)CC1.Cl. The molecule has 34 heavy (non-hydrogen) atoms. The van der Waals surface area contributed by atoms with E-state index in [9.17, 15) is 18.3 Å². The normalized spacial score (nSPS) is 15.0. The van der Waals surface area contributed by atoms with Crippen LogP contribution in [0.25, 0.3) is 0 Å². The molecule has 4 rings (SSSR count). The van der Waals surface area contributed by atoms with Crippen LogP contribution in [0.2, 0.25) is 0 Å². The van der Waals surface area contributed by atoms with Crippen molar-refractivity contribution in [3.8, 4) is 5.75 Å². The summed E-state index contributed by atoms with van der Waals surface area (Å²) in [6, 6.07) is 24.2. The van der Waals surface area contributed by atoms with Gasteiger partial charge in [0.05, 0.1) is 18.7 Å². The summed E-state index contributed by atoms with van der Waals surface area (Å²) in [6.07, 6.45) is 0. The first-order chi connectivity index (χ1) is 15.9. The third kappa shape index (κ3) is 5.26. The number of aromatic carboxylic acids is 1. The molecule has 0 atom stereocenters. The number of hydrogen-bond donors (Lipinski definition) is 1. The highest BCUT2D eigenvalue weighted by Crippen LogP contribution is 2.32. The number of rotatable bonds is 7. The zero-order valence-corrected chi connectivity index (χ0v) is 20.3. The highest BCUT2D eigenvalue weighted by atomic mass is 35.5. The molecule has 1 heterocycles. The van der Waals surface area contributed by atoms with E-state index in [4.69, 9.17) is 4.74 Å². The Kier molecular flexibility index (Phi) is 8.33. The Morgan fingerprint density at radius 3 is 1.88 bits per heavy atom. The van der Waals surface area contributed by atoms with Crippen LogP contribution in [0.3, 0.4) is 0 Å². The summed E-state index contributed by atoms with van der Waals surface area (Å²) in [5, 5.41) is 9.31. The number of halogens is 1. The molecule has 0 bridgehead atoms. The van der Waals surface area contributed by atoms with E-state index in [1.807, 2.05) is 36.4 Å². The number of carboxylic acid groups (broad SMARTS) is 1. The first-order valence-electron chi connectivity index (χ1n) is 10.7. The predicted molar refractivity (Wildman–Crippen MR) is 132 cm³/mol. The van der Waals surface area contributed by atoms with E-state index in [0.717, 1.165) is 11.1 Å². The molecule has 1 saturated heterocycles. The minimum atomic E-state index is -3.92. The summed E-state index contributed by atoms with van der Waals surface area (Å²) in [5.41, 5.74) is 2.20. The molecule has 3 aromatic rings. The smallest absolute Gasteiger partial charge is 0.335 e. The van der Waals surface area contributed by atoms with Crippen LogP contribution in [-0.4, -0.2) is 62.0 Å². The van der Waals surface area contributed by atoms with Crippen LogP contribution in [0, 0.1) is 0 Å². The van der Waals surface area contributed by atoms with Gasteiger partial charge >= 0.3 is 5.97 Å². The number of ether oxygens (including phenoxy) is 1. The Balaban J connectivity index is 0.00000324. The Morgan fingerprint density at radius 1 is 0.882 bits per heavy atom. The second kappa shape index (κ2) is 11.0. The minimum absolute atomic E-state index is 0. The van der Waals surface area contributed by atoms with Gasteiger partial charge in [-0.25, -0.2) is 13.2 Å². The lowest BCUT2D eigenvalue weighted by Crippen LogP contribution is -2.49. The summed E-state index contributed by atoms with van der Waals surface area (Å²) in [5.74, 6) is -1.05. The number of carbonyl (C=O) groups is 1. The molecule has 0 radical (unpaired) electrons. The Morgan fingerprint density at radius 2 is 1.41 bits per heavy atom. The second-order valence-corrected chi connectivity index (χ2v) is 9.74. The number of hydrogen-bond acceptors (Lipinski definition) is 5. The minimum Gasteiger partial charge on any atom is -0.495 e. The highest BCUT2D eigenvalue weighted by Gasteiger charge is 2.34. The second-order valence-electron chi connectivity index (χ2n) is 7.83. The molecule has 180 valence electrons. The number of nitrogens with zero attached hydrogens (tertiary/aromatic N) is 2. The van der Waals surface area contributed by atoms with Crippen molar-refractivity contribution in [3.63, 3.8) is 0 Å². The van der Waals surface area contributed by atoms with Crippen molar-refractivity contribution in [2.24, 2.45) is 0 Å². The van der Waals surface area contributed by atoms with E-state index in [2.05, 4.69) is 29.2 Å². The molecule has 0 spiro atoms. The van der Waals surface area contributed by atoms with Gasteiger partial charge in [0.25, 0.3) is 0 Å². The molecule has 1 fully saturated rings. The molecule has 0 aliphatic carbocycles. The molecule has 9 heteroatoms. The molecule has 1 aliphatic heterocycles. The fourth-order valence-corrected chi connectivity index (χ4v) is 5.84. The predicted octanol–water partition coefficient (Wildman–Crippen LogP) is 3.91. The number of piperazine rings is 1. The maximum atomic E-state index is 13.4.